The Hall–Kier alpha value is -3.08. The van der Waals surface area contributed by atoms with Gasteiger partial charge in [0.15, 0.2) is 6.61 Å². The number of sulfonamides is 1. The van der Waals surface area contributed by atoms with Crippen molar-refractivity contribution in [3.63, 3.8) is 0 Å². The van der Waals surface area contributed by atoms with Crippen LogP contribution in [-0.4, -0.2) is 57.4 Å². The first-order chi connectivity index (χ1) is 14.6. The van der Waals surface area contributed by atoms with E-state index in [1.807, 2.05) is 0 Å². The van der Waals surface area contributed by atoms with Crippen molar-refractivity contribution in [1.82, 2.24) is 9.29 Å². The van der Waals surface area contributed by atoms with Gasteiger partial charge in [-0.15, -0.1) is 0 Å². The number of fused-ring (bicyclic) bond motifs is 1. The number of nitrogens with one attached hydrogen (secondary N) is 2. The van der Waals surface area contributed by atoms with Gasteiger partial charge in [-0.25, -0.2) is 17.5 Å². The van der Waals surface area contributed by atoms with E-state index >= 15 is 0 Å². The van der Waals surface area contributed by atoms with E-state index in [9.17, 15) is 18.0 Å². The Bertz CT molecular complexity index is 1250. The zero-order valence-corrected chi connectivity index (χ0v) is 18.5. The molecule has 2 N–H and O–H groups in total. The van der Waals surface area contributed by atoms with Crippen molar-refractivity contribution in [1.29, 1.82) is 0 Å². The predicted octanol–water partition coefficient (Wildman–Crippen LogP) is 2.88. The van der Waals surface area contributed by atoms with E-state index in [2.05, 4.69) is 10.3 Å². The van der Waals surface area contributed by atoms with Gasteiger partial charge < -0.3 is 19.8 Å². The summed E-state index contributed by atoms with van der Waals surface area (Å²) in [5.41, 5.74) is 1.07. The summed E-state index contributed by atoms with van der Waals surface area (Å²) in [6, 6.07) is 10.9. The van der Waals surface area contributed by atoms with Gasteiger partial charge in [0.25, 0.3) is 5.91 Å². The standard InChI is InChI=1S/C20H20ClN3O6S/c1-24(2)31(27,28)18-9-13(5-7-15(18)21)22-19(25)11-30-20(26)17-8-12-4-6-14(29-3)10-16(12)23-17/h4-10,23H,11H2,1-3H3,(H,22,25). The first-order valence-electron chi connectivity index (χ1n) is 8.97. The smallest absolute Gasteiger partial charge is 0.355 e. The first-order valence-corrected chi connectivity index (χ1v) is 10.8. The Morgan fingerprint density at radius 2 is 1.87 bits per heavy atom. The van der Waals surface area contributed by atoms with Gasteiger partial charge in [0, 0.05) is 36.8 Å². The molecular formula is C20H20ClN3O6S. The van der Waals surface area contributed by atoms with Crippen molar-refractivity contribution in [3.8, 4) is 5.75 Å². The van der Waals surface area contributed by atoms with Crippen LogP contribution in [0.1, 0.15) is 10.5 Å². The van der Waals surface area contributed by atoms with Gasteiger partial charge in [-0.05, 0) is 36.4 Å². The van der Waals surface area contributed by atoms with Gasteiger partial charge in [-0.1, -0.05) is 11.6 Å². The average Bonchev–Trinajstić information content (AvgIpc) is 3.16. The Morgan fingerprint density at radius 1 is 1.13 bits per heavy atom. The molecule has 164 valence electrons. The molecule has 0 unspecified atom stereocenters. The zero-order chi connectivity index (χ0) is 22.8. The highest BCUT2D eigenvalue weighted by atomic mass is 35.5. The third-order valence-corrected chi connectivity index (χ3v) is 6.65. The molecule has 0 aliphatic rings. The highest BCUT2D eigenvalue weighted by Gasteiger charge is 2.22. The minimum Gasteiger partial charge on any atom is -0.497 e. The second kappa shape index (κ2) is 8.96. The van der Waals surface area contributed by atoms with Crippen LogP contribution in [0.15, 0.2) is 47.4 Å². The summed E-state index contributed by atoms with van der Waals surface area (Å²) in [6.07, 6.45) is 0. The number of benzene rings is 2. The van der Waals surface area contributed by atoms with Gasteiger partial charge in [0.05, 0.1) is 12.1 Å². The van der Waals surface area contributed by atoms with E-state index in [4.69, 9.17) is 21.1 Å². The number of nitrogens with zero attached hydrogens (tertiary/aromatic N) is 1. The summed E-state index contributed by atoms with van der Waals surface area (Å²) in [6.45, 7) is -0.560. The maximum absolute atomic E-state index is 12.3. The molecule has 3 rings (SSSR count). The van der Waals surface area contributed by atoms with Gasteiger partial charge in [-0.3, -0.25) is 4.79 Å². The predicted molar refractivity (Wildman–Crippen MR) is 116 cm³/mol. The summed E-state index contributed by atoms with van der Waals surface area (Å²) < 4.78 is 35.8. The normalized spacial score (nSPS) is 11.5. The van der Waals surface area contributed by atoms with Crippen LogP contribution < -0.4 is 10.1 Å². The van der Waals surface area contributed by atoms with Crippen LogP contribution >= 0.6 is 11.6 Å². The molecule has 0 radical (unpaired) electrons. The lowest BCUT2D eigenvalue weighted by atomic mass is 10.2. The first kappa shape index (κ1) is 22.6. The largest absolute Gasteiger partial charge is 0.497 e. The van der Waals surface area contributed by atoms with Crippen molar-refractivity contribution in [2.24, 2.45) is 0 Å². The van der Waals surface area contributed by atoms with E-state index < -0.39 is 28.5 Å². The number of ether oxygens (including phenoxy) is 2. The number of anilines is 1. The van der Waals surface area contributed by atoms with Gasteiger partial charge in [0.2, 0.25) is 10.0 Å². The summed E-state index contributed by atoms with van der Waals surface area (Å²) in [5, 5.41) is 3.29. The number of carbonyl (C=O) groups excluding carboxylic acids is 2. The molecule has 11 heteroatoms. The van der Waals surface area contributed by atoms with Crippen LogP contribution in [0.4, 0.5) is 5.69 Å². The van der Waals surface area contributed by atoms with Gasteiger partial charge in [-0.2, -0.15) is 0 Å². The van der Waals surface area contributed by atoms with Crippen LogP contribution in [0.25, 0.3) is 10.9 Å². The number of amides is 1. The minimum atomic E-state index is -3.79. The monoisotopic (exact) mass is 465 g/mol. The number of H-pyrrole nitrogens is 1. The topological polar surface area (TPSA) is 118 Å². The molecule has 0 aliphatic carbocycles. The number of methoxy groups -OCH3 is 1. The van der Waals surface area contributed by atoms with Crippen LogP contribution in [0.5, 0.6) is 5.75 Å². The van der Waals surface area contributed by atoms with Gasteiger partial charge in [0.1, 0.15) is 16.3 Å². The summed E-state index contributed by atoms with van der Waals surface area (Å²) >= 11 is 5.99. The lowest BCUT2D eigenvalue weighted by Gasteiger charge is -2.14. The van der Waals surface area contributed by atoms with Crippen LogP contribution in [-0.2, 0) is 19.6 Å². The van der Waals surface area contributed by atoms with Crippen LogP contribution in [0.3, 0.4) is 0 Å². The number of hydrogen-bond donors (Lipinski definition) is 2. The Labute approximate surface area is 183 Å². The molecule has 0 aliphatic heterocycles. The zero-order valence-electron chi connectivity index (χ0n) is 16.9. The fraction of sp³-hybridized carbons (Fsp3) is 0.200. The molecule has 0 spiro atoms. The molecular weight excluding hydrogens is 446 g/mol. The SMILES string of the molecule is COc1ccc2cc(C(=O)OCC(=O)Nc3ccc(Cl)c(S(=O)(=O)N(C)C)c3)[nH]c2c1. The molecule has 3 aromatic rings. The van der Waals surface area contributed by atoms with Crippen molar-refractivity contribution in [2.75, 3.05) is 33.1 Å². The molecule has 1 aromatic heterocycles. The third kappa shape index (κ3) is 4.98. The highest BCUT2D eigenvalue weighted by molar-refractivity contribution is 7.89. The lowest BCUT2D eigenvalue weighted by molar-refractivity contribution is -0.119. The molecule has 0 bridgehead atoms. The molecule has 0 saturated carbocycles. The number of rotatable bonds is 7. The number of hydrogen-bond acceptors (Lipinski definition) is 6. The van der Waals surface area contributed by atoms with Crippen LogP contribution in [0.2, 0.25) is 5.02 Å². The van der Waals surface area contributed by atoms with E-state index in [1.54, 1.807) is 24.3 Å². The quantitative estimate of drug-likeness (QED) is 0.518. The van der Waals surface area contributed by atoms with Crippen molar-refractivity contribution < 1.29 is 27.5 Å². The number of aromatic amines is 1. The third-order valence-electron chi connectivity index (χ3n) is 4.36. The van der Waals surface area contributed by atoms with Gasteiger partial charge >= 0.3 is 5.97 Å². The molecule has 9 nitrogen and oxygen atoms in total. The van der Waals surface area contributed by atoms with E-state index in [1.165, 1.54) is 39.4 Å². The second-order valence-corrected chi connectivity index (χ2v) is 9.22. The lowest BCUT2D eigenvalue weighted by Crippen LogP contribution is -2.23. The molecule has 1 amide bonds. The van der Waals surface area contributed by atoms with Crippen molar-refractivity contribution in [2.45, 2.75) is 4.90 Å². The fourth-order valence-electron chi connectivity index (χ4n) is 2.72. The summed E-state index contributed by atoms with van der Waals surface area (Å²) in [7, 11) is 0.488. The molecule has 2 aromatic carbocycles. The minimum absolute atomic E-state index is 0.0218. The summed E-state index contributed by atoms with van der Waals surface area (Å²) in [4.78, 5) is 27.2. The molecule has 31 heavy (non-hydrogen) atoms. The Balaban J connectivity index is 1.66. The van der Waals surface area contributed by atoms with Crippen LogP contribution in [0, 0.1) is 0 Å². The molecule has 1 heterocycles. The van der Waals surface area contributed by atoms with E-state index in [-0.39, 0.29) is 21.3 Å². The van der Waals surface area contributed by atoms with E-state index in [0.29, 0.717) is 11.3 Å². The molecule has 0 saturated heterocycles. The number of halogens is 1. The second-order valence-electron chi connectivity index (χ2n) is 6.69. The number of aromatic nitrogens is 1. The number of esters is 1. The molecule has 0 fully saturated rings. The Kier molecular flexibility index (Phi) is 6.54. The summed E-state index contributed by atoms with van der Waals surface area (Å²) in [5.74, 6) is -0.716. The highest BCUT2D eigenvalue weighted by Crippen LogP contribution is 2.27. The Morgan fingerprint density at radius 3 is 2.55 bits per heavy atom. The fourth-order valence-corrected chi connectivity index (χ4v) is 4.12. The van der Waals surface area contributed by atoms with Crippen molar-refractivity contribution >= 4 is 50.1 Å². The average molecular weight is 466 g/mol. The maximum atomic E-state index is 12.3. The van der Waals surface area contributed by atoms with Crippen molar-refractivity contribution in [3.05, 3.63) is 53.2 Å². The number of carbonyl (C=O) groups is 2. The van der Waals surface area contributed by atoms with E-state index in [0.717, 1.165) is 9.69 Å². The maximum Gasteiger partial charge on any atom is 0.355 e. The molecule has 0 atom stereocenters.